The Bertz CT molecular complexity index is 549. The minimum absolute atomic E-state index is 0.503. The molecule has 0 spiro atoms. The maximum atomic E-state index is 5.24. The van der Waals surface area contributed by atoms with Gasteiger partial charge in [0.05, 0.1) is 0 Å². The van der Waals surface area contributed by atoms with Gasteiger partial charge in [-0.3, -0.25) is 10.9 Å². The smallest absolute Gasteiger partial charge is 0.189 e. The molecule has 2 aromatic rings. The number of para-hydroxylation sites is 1. The van der Waals surface area contributed by atoms with Crippen molar-refractivity contribution in [1.82, 2.24) is 10.4 Å². The van der Waals surface area contributed by atoms with E-state index in [9.17, 15) is 0 Å². The van der Waals surface area contributed by atoms with Crippen LogP contribution in [-0.4, -0.2) is 10.1 Å². The van der Waals surface area contributed by atoms with Crippen molar-refractivity contribution in [2.45, 2.75) is 13.8 Å². The van der Waals surface area contributed by atoms with Crippen LogP contribution in [0.4, 0.5) is 11.5 Å². The predicted octanol–water partition coefficient (Wildman–Crippen LogP) is 3.01. The summed E-state index contributed by atoms with van der Waals surface area (Å²) in [5, 5.41) is 3.68. The fourth-order valence-corrected chi connectivity index (χ4v) is 1.87. The number of aromatic nitrogens is 1. The molecule has 0 saturated carbocycles. The molecule has 5 heteroatoms. The molecule has 0 aliphatic heterocycles. The predicted molar refractivity (Wildman–Crippen MR) is 83.1 cm³/mol. The number of nitrogens with one attached hydrogen (secondary N) is 3. The van der Waals surface area contributed by atoms with Crippen molar-refractivity contribution >= 4 is 28.8 Å². The fraction of sp³-hybridized carbons (Fsp3) is 0.143. The Morgan fingerprint density at radius 1 is 1.05 bits per heavy atom. The molecule has 0 aliphatic carbocycles. The van der Waals surface area contributed by atoms with Crippen LogP contribution in [0.2, 0.25) is 0 Å². The number of benzene rings is 1. The maximum absolute atomic E-state index is 5.24. The lowest BCUT2D eigenvalue weighted by Crippen LogP contribution is -2.34. The number of aryl methyl sites for hydroxylation is 2. The van der Waals surface area contributed by atoms with Gasteiger partial charge < -0.3 is 5.32 Å². The largest absolute Gasteiger partial charge is 0.331 e. The Balaban J connectivity index is 1.95. The van der Waals surface area contributed by atoms with Crippen LogP contribution in [0.5, 0.6) is 0 Å². The number of hydrazine groups is 1. The van der Waals surface area contributed by atoms with E-state index in [1.165, 1.54) is 0 Å². The van der Waals surface area contributed by atoms with E-state index in [1.54, 1.807) is 6.20 Å². The number of hydrogen-bond acceptors (Lipinski definition) is 3. The number of pyridine rings is 1. The van der Waals surface area contributed by atoms with Gasteiger partial charge >= 0.3 is 0 Å². The van der Waals surface area contributed by atoms with Gasteiger partial charge in [0.25, 0.3) is 0 Å². The third-order valence-corrected chi connectivity index (χ3v) is 2.89. The zero-order valence-electron chi connectivity index (χ0n) is 10.9. The fourth-order valence-electron chi connectivity index (χ4n) is 1.71. The van der Waals surface area contributed by atoms with Crippen LogP contribution in [0.25, 0.3) is 0 Å². The summed E-state index contributed by atoms with van der Waals surface area (Å²) in [5.74, 6) is 0.716. The minimum atomic E-state index is 0.503. The molecular weight excluding hydrogens is 256 g/mol. The van der Waals surface area contributed by atoms with Crippen LogP contribution in [0.15, 0.2) is 42.6 Å². The molecule has 2 rings (SSSR count). The zero-order valence-corrected chi connectivity index (χ0v) is 11.7. The molecule has 98 valence electrons. The summed E-state index contributed by atoms with van der Waals surface area (Å²) in [6.45, 7) is 4.09. The Kier molecular flexibility index (Phi) is 4.30. The van der Waals surface area contributed by atoms with Gasteiger partial charge in [0.2, 0.25) is 0 Å². The van der Waals surface area contributed by atoms with Crippen molar-refractivity contribution in [3.8, 4) is 0 Å². The molecule has 0 saturated heterocycles. The van der Waals surface area contributed by atoms with Crippen LogP contribution in [0, 0.1) is 13.8 Å². The van der Waals surface area contributed by atoms with Gasteiger partial charge in [-0.2, -0.15) is 0 Å². The van der Waals surface area contributed by atoms with Gasteiger partial charge in [-0.15, -0.1) is 0 Å². The number of thiocarbonyl (C=S) groups is 1. The number of anilines is 2. The lowest BCUT2D eigenvalue weighted by molar-refractivity contribution is 1.09. The normalized spacial score (nSPS) is 9.79. The molecule has 19 heavy (non-hydrogen) atoms. The van der Waals surface area contributed by atoms with Crippen LogP contribution in [-0.2, 0) is 0 Å². The topological polar surface area (TPSA) is 49.0 Å². The molecule has 0 amide bonds. The van der Waals surface area contributed by atoms with E-state index < -0.39 is 0 Å². The first-order valence-corrected chi connectivity index (χ1v) is 6.38. The quantitative estimate of drug-likeness (QED) is 0.592. The van der Waals surface area contributed by atoms with Gasteiger partial charge in [-0.25, -0.2) is 4.98 Å². The molecule has 0 unspecified atom stereocenters. The summed E-state index contributed by atoms with van der Waals surface area (Å²) in [6, 6.07) is 11.7. The average Bonchev–Trinajstić information content (AvgIpc) is 2.42. The summed E-state index contributed by atoms with van der Waals surface area (Å²) in [6.07, 6.45) is 1.71. The van der Waals surface area contributed by atoms with Gasteiger partial charge in [0.15, 0.2) is 5.11 Å². The Hall–Kier alpha value is -2.14. The summed E-state index contributed by atoms with van der Waals surface area (Å²) in [7, 11) is 0. The van der Waals surface area contributed by atoms with E-state index in [4.69, 9.17) is 12.2 Å². The van der Waals surface area contributed by atoms with Crippen LogP contribution >= 0.6 is 12.2 Å². The molecule has 0 aliphatic rings. The van der Waals surface area contributed by atoms with Crippen molar-refractivity contribution in [1.29, 1.82) is 0 Å². The van der Waals surface area contributed by atoms with Gasteiger partial charge in [0, 0.05) is 11.9 Å². The highest BCUT2D eigenvalue weighted by molar-refractivity contribution is 7.80. The van der Waals surface area contributed by atoms with Gasteiger partial charge in [0.1, 0.15) is 5.82 Å². The molecule has 0 bridgehead atoms. The molecule has 1 aromatic carbocycles. The number of hydrogen-bond donors (Lipinski definition) is 3. The lowest BCUT2D eigenvalue weighted by Gasteiger charge is -2.15. The molecule has 4 nitrogen and oxygen atoms in total. The number of rotatable bonds is 3. The monoisotopic (exact) mass is 272 g/mol. The molecular formula is C14H16N4S. The molecule has 0 radical (unpaired) electrons. The first kappa shape index (κ1) is 13.3. The van der Waals surface area contributed by atoms with Crippen molar-refractivity contribution in [2.75, 3.05) is 10.7 Å². The number of nitrogens with zero attached hydrogens (tertiary/aromatic N) is 1. The summed E-state index contributed by atoms with van der Waals surface area (Å²) < 4.78 is 0. The Morgan fingerprint density at radius 2 is 1.79 bits per heavy atom. The van der Waals surface area contributed by atoms with E-state index in [2.05, 4.69) is 21.2 Å². The molecule has 0 atom stereocenters. The van der Waals surface area contributed by atoms with Crippen LogP contribution in [0.1, 0.15) is 11.1 Å². The lowest BCUT2D eigenvalue weighted by atomic mass is 10.1. The SMILES string of the molecule is Cc1cccc(C)c1NC(=S)NNc1ccccn1. The first-order valence-electron chi connectivity index (χ1n) is 5.97. The molecule has 0 fully saturated rings. The van der Waals surface area contributed by atoms with E-state index in [0.29, 0.717) is 10.9 Å². The third-order valence-electron chi connectivity index (χ3n) is 2.69. The Labute approximate surface area is 118 Å². The summed E-state index contributed by atoms with van der Waals surface area (Å²) >= 11 is 5.24. The first-order chi connectivity index (χ1) is 9.16. The average molecular weight is 272 g/mol. The minimum Gasteiger partial charge on any atom is -0.331 e. The second-order valence-electron chi connectivity index (χ2n) is 4.19. The highest BCUT2D eigenvalue weighted by atomic mass is 32.1. The Morgan fingerprint density at radius 3 is 2.42 bits per heavy atom. The van der Waals surface area contributed by atoms with Crippen molar-refractivity contribution in [3.63, 3.8) is 0 Å². The van der Waals surface area contributed by atoms with Crippen LogP contribution < -0.4 is 16.2 Å². The second-order valence-corrected chi connectivity index (χ2v) is 4.59. The van der Waals surface area contributed by atoms with Crippen molar-refractivity contribution in [3.05, 3.63) is 53.7 Å². The summed E-state index contributed by atoms with van der Waals surface area (Å²) in [4.78, 5) is 4.13. The van der Waals surface area contributed by atoms with E-state index >= 15 is 0 Å². The van der Waals surface area contributed by atoms with E-state index in [0.717, 1.165) is 16.8 Å². The van der Waals surface area contributed by atoms with Crippen LogP contribution in [0.3, 0.4) is 0 Å². The van der Waals surface area contributed by atoms with Crippen molar-refractivity contribution in [2.24, 2.45) is 0 Å². The molecule has 1 aromatic heterocycles. The summed E-state index contributed by atoms with van der Waals surface area (Å²) in [5.41, 5.74) is 9.19. The van der Waals surface area contributed by atoms with Crippen molar-refractivity contribution < 1.29 is 0 Å². The van der Waals surface area contributed by atoms with E-state index in [-0.39, 0.29) is 0 Å². The maximum Gasteiger partial charge on any atom is 0.189 e. The highest BCUT2D eigenvalue weighted by Crippen LogP contribution is 2.19. The molecule has 3 N–H and O–H groups in total. The third kappa shape index (κ3) is 3.66. The van der Waals surface area contributed by atoms with Gasteiger partial charge in [-0.05, 0) is 49.3 Å². The van der Waals surface area contributed by atoms with E-state index in [1.807, 2.05) is 50.2 Å². The molecule has 1 heterocycles. The standard InChI is InChI=1S/C14H16N4S/c1-10-6-5-7-11(2)13(10)16-14(19)18-17-12-8-3-4-9-15-12/h3-9H,1-2H3,(H,15,17)(H2,16,18,19). The second kappa shape index (κ2) is 6.15. The highest BCUT2D eigenvalue weighted by Gasteiger charge is 2.03. The zero-order chi connectivity index (χ0) is 13.7. The van der Waals surface area contributed by atoms with Gasteiger partial charge in [-0.1, -0.05) is 24.3 Å².